The molecule has 0 amide bonds. The zero-order valence-corrected chi connectivity index (χ0v) is 14.5. The molecule has 0 bridgehead atoms. The summed E-state index contributed by atoms with van der Waals surface area (Å²) in [4.78, 5) is 2.59. The number of likely N-dealkylation sites (tertiary alicyclic amines) is 1. The smallest absolute Gasteiger partial charge is 0.403 e. The molecule has 2 saturated heterocycles. The van der Waals surface area contributed by atoms with Gasteiger partial charge in [-0.25, -0.2) is 0 Å². The molecule has 20 heavy (non-hydrogen) atoms. The van der Waals surface area contributed by atoms with Crippen molar-refractivity contribution in [3.63, 3.8) is 0 Å². The molecule has 4 heteroatoms. The van der Waals surface area contributed by atoms with Crippen LogP contribution in [0.15, 0.2) is 0 Å². The van der Waals surface area contributed by atoms with Crippen molar-refractivity contribution in [2.45, 2.75) is 84.4 Å². The Labute approximate surface area is 125 Å². The third kappa shape index (κ3) is 3.40. The van der Waals surface area contributed by atoms with E-state index >= 15 is 0 Å². The first-order valence-corrected chi connectivity index (χ1v) is 8.12. The lowest BCUT2D eigenvalue weighted by Crippen LogP contribution is -2.46. The van der Waals surface area contributed by atoms with Gasteiger partial charge in [0.15, 0.2) is 0 Å². The quantitative estimate of drug-likeness (QED) is 0.722. The Morgan fingerprint density at radius 3 is 1.85 bits per heavy atom. The van der Waals surface area contributed by atoms with Crippen LogP contribution >= 0.6 is 0 Å². The van der Waals surface area contributed by atoms with Crippen LogP contribution in [0.3, 0.4) is 0 Å². The van der Waals surface area contributed by atoms with Gasteiger partial charge < -0.3 is 9.31 Å². The molecule has 0 N–H and O–H groups in total. The summed E-state index contributed by atoms with van der Waals surface area (Å²) in [5, 5.41) is 0. The summed E-state index contributed by atoms with van der Waals surface area (Å²) in [6.07, 6.45) is 3.58. The molecule has 116 valence electrons. The predicted molar refractivity (Wildman–Crippen MR) is 84.9 cm³/mol. The first-order chi connectivity index (χ1) is 9.01. The van der Waals surface area contributed by atoms with Gasteiger partial charge in [-0.1, -0.05) is 0 Å². The standard InChI is InChI=1S/C16H32BNO2/c1-14(2,3)18-10-8-13(9-11-18)12-17-19-15(4,5)16(6,7)20-17/h13H,8-12H2,1-7H3. The molecule has 2 fully saturated rings. The lowest BCUT2D eigenvalue weighted by molar-refractivity contribution is 0.00578. The molecule has 0 aromatic rings. The molecule has 0 aromatic heterocycles. The number of rotatable bonds is 2. The highest BCUT2D eigenvalue weighted by Crippen LogP contribution is 2.39. The molecule has 0 aromatic carbocycles. The molecule has 0 unspecified atom stereocenters. The maximum Gasteiger partial charge on any atom is 0.458 e. The summed E-state index contributed by atoms with van der Waals surface area (Å²) >= 11 is 0. The van der Waals surface area contributed by atoms with Crippen molar-refractivity contribution in [3.8, 4) is 0 Å². The topological polar surface area (TPSA) is 21.7 Å². The lowest BCUT2D eigenvalue weighted by Gasteiger charge is -2.41. The van der Waals surface area contributed by atoms with Gasteiger partial charge in [-0.15, -0.1) is 0 Å². The highest BCUT2D eigenvalue weighted by Gasteiger charge is 2.51. The Kier molecular flexibility index (Phi) is 4.32. The van der Waals surface area contributed by atoms with Crippen LogP contribution in [0.4, 0.5) is 0 Å². The minimum absolute atomic E-state index is 0.0220. The van der Waals surface area contributed by atoms with Crippen molar-refractivity contribution < 1.29 is 9.31 Å². The van der Waals surface area contributed by atoms with Crippen LogP contribution < -0.4 is 0 Å². The van der Waals surface area contributed by atoms with E-state index in [1.165, 1.54) is 25.9 Å². The van der Waals surface area contributed by atoms with Crippen LogP contribution in [0.25, 0.3) is 0 Å². The van der Waals surface area contributed by atoms with Crippen LogP contribution in [-0.4, -0.2) is 41.8 Å². The van der Waals surface area contributed by atoms with Gasteiger partial charge in [-0.2, -0.15) is 0 Å². The molecule has 3 nitrogen and oxygen atoms in total. The summed E-state index contributed by atoms with van der Waals surface area (Å²) in [5.41, 5.74) is -0.0805. The fourth-order valence-electron chi connectivity index (χ4n) is 3.17. The molecule has 0 atom stereocenters. The normalized spacial score (nSPS) is 28.1. The summed E-state index contributed by atoms with van der Waals surface area (Å²) in [5.74, 6) is 0.739. The lowest BCUT2D eigenvalue weighted by atomic mass is 9.73. The maximum atomic E-state index is 6.13. The SMILES string of the molecule is CC(C)(C)N1CCC(CB2OC(C)(C)C(C)(C)O2)CC1. The van der Waals surface area contributed by atoms with Crippen molar-refractivity contribution in [1.29, 1.82) is 0 Å². The fraction of sp³-hybridized carbons (Fsp3) is 1.00. The van der Waals surface area contributed by atoms with Crippen molar-refractivity contribution in [3.05, 3.63) is 0 Å². The molecule has 0 saturated carbocycles. The van der Waals surface area contributed by atoms with E-state index in [0.717, 1.165) is 12.2 Å². The van der Waals surface area contributed by atoms with Gasteiger partial charge >= 0.3 is 7.12 Å². The summed E-state index contributed by atoms with van der Waals surface area (Å²) in [6, 6.07) is 0. The minimum atomic E-state index is -0.191. The molecular weight excluding hydrogens is 249 g/mol. The molecule has 2 aliphatic heterocycles. The van der Waals surface area contributed by atoms with E-state index in [4.69, 9.17) is 9.31 Å². The zero-order valence-electron chi connectivity index (χ0n) is 14.5. The van der Waals surface area contributed by atoms with Crippen LogP contribution in [-0.2, 0) is 9.31 Å². The van der Waals surface area contributed by atoms with Crippen molar-refractivity contribution >= 4 is 7.12 Å². The molecule has 2 rings (SSSR count). The van der Waals surface area contributed by atoms with E-state index in [-0.39, 0.29) is 18.3 Å². The van der Waals surface area contributed by atoms with Gasteiger partial charge in [-0.05, 0) is 86.6 Å². The Morgan fingerprint density at radius 2 is 1.45 bits per heavy atom. The second-order valence-corrected chi connectivity index (χ2v) is 8.52. The zero-order chi connectivity index (χ0) is 15.2. The van der Waals surface area contributed by atoms with Crippen molar-refractivity contribution in [2.24, 2.45) is 5.92 Å². The third-order valence-electron chi connectivity index (χ3n) is 5.39. The Balaban J connectivity index is 1.83. The van der Waals surface area contributed by atoms with Crippen LogP contribution in [0.5, 0.6) is 0 Å². The van der Waals surface area contributed by atoms with E-state index < -0.39 is 0 Å². The number of piperidine rings is 1. The average molecular weight is 281 g/mol. The second-order valence-electron chi connectivity index (χ2n) is 8.52. The molecule has 0 spiro atoms. The molecule has 2 aliphatic rings. The second kappa shape index (κ2) is 5.29. The van der Waals surface area contributed by atoms with Gasteiger partial charge in [0.05, 0.1) is 11.2 Å². The Hall–Kier alpha value is -0.0551. The number of nitrogens with zero attached hydrogens (tertiary/aromatic N) is 1. The van der Waals surface area contributed by atoms with Gasteiger partial charge in [0, 0.05) is 5.54 Å². The number of hydrogen-bond donors (Lipinski definition) is 0. The van der Waals surface area contributed by atoms with Gasteiger partial charge in [0.1, 0.15) is 0 Å². The fourth-order valence-corrected chi connectivity index (χ4v) is 3.17. The molecular formula is C16H32BNO2. The monoisotopic (exact) mass is 281 g/mol. The summed E-state index contributed by atoms with van der Waals surface area (Å²) in [6.45, 7) is 17.9. The van der Waals surface area contributed by atoms with E-state index in [0.29, 0.717) is 5.54 Å². The molecule has 2 heterocycles. The first kappa shape index (κ1) is 16.3. The van der Waals surface area contributed by atoms with Gasteiger partial charge in [0.25, 0.3) is 0 Å². The van der Waals surface area contributed by atoms with Gasteiger partial charge in [-0.3, -0.25) is 4.90 Å². The first-order valence-electron chi connectivity index (χ1n) is 8.12. The van der Waals surface area contributed by atoms with E-state index in [1.807, 2.05) is 0 Å². The van der Waals surface area contributed by atoms with Crippen LogP contribution in [0.2, 0.25) is 6.32 Å². The average Bonchev–Trinajstić information content (AvgIpc) is 2.46. The third-order valence-corrected chi connectivity index (χ3v) is 5.39. The molecule has 0 aliphatic carbocycles. The summed E-state index contributed by atoms with van der Waals surface area (Å²) in [7, 11) is -0.0220. The van der Waals surface area contributed by atoms with E-state index in [2.05, 4.69) is 53.4 Å². The van der Waals surface area contributed by atoms with Crippen LogP contribution in [0.1, 0.15) is 61.3 Å². The van der Waals surface area contributed by atoms with Crippen LogP contribution in [0, 0.1) is 5.92 Å². The largest absolute Gasteiger partial charge is 0.458 e. The highest BCUT2D eigenvalue weighted by molar-refractivity contribution is 6.45. The Morgan fingerprint density at radius 1 is 1.00 bits per heavy atom. The van der Waals surface area contributed by atoms with Crippen molar-refractivity contribution in [2.75, 3.05) is 13.1 Å². The van der Waals surface area contributed by atoms with Gasteiger partial charge in [0.2, 0.25) is 0 Å². The van der Waals surface area contributed by atoms with E-state index in [1.54, 1.807) is 0 Å². The minimum Gasteiger partial charge on any atom is -0.403 e. The predicted octanol–water partition coefficient (Wildman–Crippen LogP) is 3.59. The number of hydrogen-bond acceptors (Lipinski definition) is 3. The van der Waals surface area contributed by atoms with E-state index in [9.17, 15) is 0 Å². The highest BCUT2D eigenvalue weighted by atomic mass is 16.7. The molecule has 0 radical (unpaired) electrons. The summed E-state index contributed by atoms with van der Waals surface area (Å²) < 4.78 is 12.3. The maximum absolute atomic E-state index is 6.13. The Bertz CT molecular complexity index is 325. The van der Waals surface area contributed by atoms with Crippen molar-refractivity contribution in [1.82, 2.24) is 4.90 Å².